The van der Waals surface area contributed by atoms with Gasteiger partial charge in [0.2, 0.25) is 0 Å². The molecular formula is C19H24FN7. The maximum atomic E-state index is 14.1. The number of halogens is 1. The molecule has 0 spiro atoms. The fraction of sp³-hybridized carbons (Fsp3) is 0.474. The largest absolute Gasteiger partial charge is 0.316 e. The van der Waals surface area contributed by atoms with Gasteiger partial charge in [0, 0.05) is 25.1 Å². The van der Waals surface area contributed by atoms with Gasteiger partial charge in [0.25, 0.3) is 0 Å². The van der Waals surface area contributed by atoms with E-state index in [9.17, 15) is 4.39 Å². The van der Waals surface area contributed by atoms with Crippen molar-refractivity contribution in [1.29, 1.82) is 0 Å². The molecule has 3 heterocycles. The molecule has 0 amide bonds. The van der Waals surface area contributed by atoms with Crippen LogP contribution in [0, 0.1) is 12.7 Å². The summed E-state index contributed by atoms with van der Waals surface area (Å²) in [6, 6.07) is 5.48. The first kappa shape index (κ1) is 17.8. The summed E-state index contributed by atoms with van der Waals surface area (Å²) in [7, 11) is 2.01. The molecule has 142 valence electrons. The van der Waals surface area contributed by atoms with Crippen molar-refractivity contribution >= 4 is 0 Å². The van der Waals surface area contributed by atoms with Gasteiger partial charge in [-0.2, -0.15) is 5.10 Å². The van der Waals surface area contributed by atoms with Crippen LogP contribution >= 0.6 is 0 Å². The molecule has 1 fully saturated rings. The summed E-state index contributed by atoms with van der Waals surface area (Å²) in [5, 5.41) is 12.9. The lowest BCUT2D eigenvalue weighted by atomic mass is 9.95. The molecule has 0 unspecified atom stereocenters. The van der Waals surface area contributed by atoms with Crippen LogP contribution in [0.15, 0.2) is 30.9 Å². The zero-order valence-corrected chi connectivity index (χ0v) is 15.7. The van der Waals surface area contributed by atoms with Gasteiger partial charge in [0.1, 0.15) is 30.8 Å². The Bertz CT molecular complexity index is 895. The number of benzene rings is 1. The molecule has 1 aliphatic heterocycles. The van der Waals surface area contributed by atoms with Crippen LogP contribution in [0.2, 0.25) is 0 Å². The van der Waals surface area contributed by atoms with Crippen molar-refractivity contribution in [3.05, 3.63) is 59.4 Å². The van der Waals surface area contributed by atoms with Crippen LogP contribution in [0.1, 0.15) is 41.5 Å². The molecular weight excluding hydrogens is 345 g/mol. The maximum Gasteiger partial charge on any atom is 0.154 e. The standard InChI is InChI=1S/C19H24FN7/c1-14-3-4-16(17(20)9-14)10-26-7-5-15(6-8-26)19-24-23-18(25(19)2)11-27-13-21-12-22-27/h3-4,9,12-13,15H,5-8,10-11H2,1-2H3. The van der Waals surface area contributed by atoms with Crippen molar-refractivity contribution in [3.8, 4) is 0 Å². The molecule has 1 saturated heterocycles. The Morgan fingerprint density at radius 2 is 1.96 bits per heavy atom. The van der Waals surface area contributed by atoms with Gasteiger partial charge in [-0.05, 0) is 44.5 Å². The third-order valence-corrected chi connectivity index (χ3v) is 5.32. The number of nitrogens with zero attached hydrogens (tertiary/aromatic N) is 7. The monoisotopic (exact) mass is 369 g/mol. The van der Waals surface area contributed by atoms with Crippen LogP contribution in [-0.2, 0) is 20.1 Å². The highest BCUT2D eigenvalue weighted by molar-refractivity contribution is 5.23. The van der Waals surface area contributed by atoms with Crippen molar-refractivity contribution in [1.82, 2.24) is 34.4 Å². The molecule has 3 aromatic rings. The zero-order valence-electron chi connectivity index (χ0n) is 15.7. The second kappa shape index (κ2) is 7.56. The summed E-state index contributed by atoms with van der Waals surface area (Å²) < 4.78 is 17.9. The van der Waals surface area contributed by atoms with E-state index in [1.54, 1.807) is 17.1 Å². The van der Waals surface area contributed by atoms with Crippen LogP contribution < -0.4 is 0 Å². The van der Waals surface area contributed by atoms with Crippen LogP contribution in [0.25, 0.3) is 0 Å². The summed E-state index contributed by atoms with van der Waals surface area (Å²) in [4.78, 5) is 6.28. The molecule has 0 saturated carbocycles. The molecule has 0 aliphatic carbocycles. The summed E-state index contributed by atoms with van der Waals surface area (Å²) in [5.74, 6) is 2.17. The van der Waals surface area contributed by atoms with E-state index in [1.165, 1.54) is 6.33 Å². The van der Waals surface area contributed by atoms with Crippen molar-refractivity contribution in [3.63, 3.8) is 0 Å². The van der Waals surface area contributed by atoms with E-state index >= 15 is 0 Å². The second-order valence-corrected chi connectivity index (χ2v) is 7.27. The number of hydrogen-bond acceptors (Lipinski definition) is 5. The van der Waals surface area contributed by atoms with Crippen LogP contribution in [0.4, 0.5) is 4.39 Å². The Balaban J connectivity index is 1.37. The summed E-state index contributed by atoms with van der Waals surface area (Å²) in [6.07, 6.45) is 5.20. The molecule has 0 bridgehead atoms. The molecule has 0 N–H and O–H groups in total. The summed E-state index contributed by atoms with van der Waals surface area (Å²) >= 11 is 0. The number of piperidine rings is 1. The normalized spacial score (nSPS) is 16.1. The van der Waals surface area contributed by atoms with Crippen molar-refractivity contribution in [2.75, 3.05) is 13.1 Å². The van der Waals surface area contributed by atoms with Crippen LogP contribution in [0.5, 0.6) is 0 Å². The minimum absolute atomic E-state index is 0.108. The molecule has 1 aliphatic rings. The van der Waals surface area contributed by atoms with Gasteiger partial charge in [-0.15, -0.1) is 10.2 Å². The SMILES string of the molecule is Cc1ccc(CN2CCC(c3nnc(Cn4cncn4)n3C)CC2)c(F)c1. The van der Waals surface area contributed by atoms with Gasteiger partial charge in [-0.3, -0.25) is 4.90 Å². The first-order valence-corrected chi connectivity index (χ1v) is 9.28. The number of aromatic nitrogens is 6. The molecule has 8 heteroatoms. The predicted molar refractivity (Wildman–Crippen MR) is 98.5 cm³/mol. The molecule has 2 aromatic heterocycles. The quantitative estimate of drug-likeness (QED) is 0.690. The van der Waals surface area contributed by atoms with Gasteiger partial charge in [0.15, 0.2) is 5.82 Å². The molecule has 27 heavy (non-hydrogen) atoms. The highest BCUT2D eigenvalue weighted by Gasteiger charge is 2.25. The van der Waals surface area contributed by atoms with E-state index in [4.69, 9.17) is 0 Å². The Hall–Kier alpha value is -2.61. The second-order valence-electron chi connectivity index (χ2n) is 7.27. The zero-order chi connectivity index (χ0) is 18.8. The third kappa shape index (κ3) is 3.90. The Morgan fingerprint density at radius 3 is 2.67 bits per heavy atom. The van der Waals surface area contributed by atoms with Gasteiger partial charge in [-0.1, -0.05) is 12.1 Å². The molecule has 1 aromatic carbocycles. The lowest BCUT2D eigenvalue weighted by Gasteiger charge is -2.31. The highest BCUT2D eigenvalue weighted by Crippen LogP contribution is 2.28. The highest BCUT2D eigenvalue weighted by atomic mass is 19.1. The molecule has 4 rings (SSSR count). The minimum Gasteiger partial charge on any atom is -0.316 e. The Labute approximate surface area is 157 Å². The lowest BCUT2D eigenvalue weighted by Crippen LogP contribution is -2.33. The predicted octanol–water partition coefficient (Wildman–Crippen LogP) is 2.28. The first-order valence-electron chi connectivity index (χ1n) is 9.28. The lowest BCUT2D eigenvalue weighted by molar-refractivity contribution is 0.198. The number of rotatable bonds is 5. The van der Waals surface area contributed by atoms with E-state index in [1.807, 2.05) is 26.1 Å². The van der Waals surface area contributed by atoms with Crippen molar-refractivity contribution in [2.45, 2.75) is 38.8 Å². The fourth-order valence-corrected chi connectivity index (χ4v) is 3.70. The summed E-state index contributed by atoms with van der Waals surface area (Å²) in [5.41, 5.74) is 1.73. The first-order chi connectivity index (χ1) is 13.1. The van der Waals surface area contributed by atoms with Crippen LogP contribution in [0.3, 0.4) is 0 Å². The Morgan fingerprint density at radius 1 is 1.15 bits per heavy atom. The molecule has 0 atom stereocenters. The van der Waals surface area contributed by atoms with E-state index in [2.05, 4.69) is 29.7 Å². The third-order valence-electron chi connectivity index (χ3n) is 5.32. The molecule has 0 radical (unpaired) electrons. The van der Waals surface area contributed by atoms with Crippen molar-refractivity contribution in [2.24, 2.45) is 7.05 Å². The number of aryl methyl sites for hydroxylation is 1. The van der Waals surface area contributed by atoms with E-state index in [0.29, 0.717) is 19.0 Å². The van der Waals surface area contributed by atoms with Crippen LogP contribution in [-0.4, -0.2) is 47.5 Å². The smallest absolute Gasteiger partial charge is 0.154 e. The maximum absolute atomic E-state index is 14.1. The fourth-order valence-electron chi connectivity index (χ4n) is 3.70. The average molecular weight is 369 g/mol. The Kier molecular flexibility index (Phi) is 4.98. The van der Waals surface area contributed by atoms with Crippen molar-refractivity contribution < 1.29 is 4.39 Å². The average Bonchev–Trinajstić information content (AvgIpc) is 3.29. The van der Waals surface area contributed by atoms with Gasteiger partial charge < -0.3 is 4.57 Å². The van der Waals surface area contributed by atoms with E-state index < -0.39 is 0 Å². The van der Waals surface area contributed by atoms with E-state index in [0.717, 1.165) is 48.7 Å². The number of likely N-dealkylation sites (tertiary alicyclic amines) is 1. The number of hydrogen-bond donors (Lipinski definition) is 0. The van der Waals surface area contributed by atoms with Gasteiger partial charge in [-0.25, -0.2) is 14.1 Å². The topological polar surface area (TPSA) is 64.7 Å². The van der Waals surface area contributed by atoms with Gasteiger partial charge in [0.05, 0.1) is 0 Å². The molecule has 7 nitrogen and oxygen atoms in total. The van der Waals surface area contributed by atoms with Gasteiger partial charge >= 0.3 is 0 Å². The summed E-state index contributed by atoms with van der Waals surface area (Å²) in [6.45, 7) is 5.01. The minimum atomic E-state index is -0.108. The van der Waals surface area contributed by atoms with E-state index in [-0.39, 0.29) is 5.82 Å².